The Bertz CT molecular complexity index is 1050. The number of rotatable bonds is 11. The van der Waals surface area contributed by atoms with Gasteiger partial charge in [-0.05, 0) is 18.0 Å². The van der Waals surface area contributed by atoms with Gasteiger partial charge in [-0.25, -0.2) is 4.68 Å². The Morgan fingerprint density at radius 1 is 1.23 bits per heavy atom. The second kappa shape index (κ2) is 11.1. The number of fused-ring (bicyclic) bond motifs is 1. The van der Waals surface area contributed by atoms with Crippen LogP contribution in [0, 0.1) is 0 Å². The van der Waals surface area contributed by atoms with Gasteiger partial charge in [-0.1, -0.05) is 17.2 Å². The molecule has 1 unspecified atom stereocenters. The molecular formula is C19H23N7O5. The highest BCUT2D eigenvalue weighted by Crippen LogP contribution is 2.21. The smallest absolute Gasteiger partial charge is 0.277 e. The molecule has 2 N–H and O–H groups in total. The summed E-state index contributed by atoms with van der Waals surface area (Å²) < 4.78 is 11.9. The largest absolute Gasteiger partial charge is 0.382 e. The molecule has 1 saturated heterocycles. The third kappa shape index (κ3) is 5.79. The topological polar surface area (TPSA) is 160 Å². The molecule has 1 fully saturated rings. The Morgan fingerprint density at radius 3 is 2.81 bits per heavy atom. The maximum absolute atomic E-state index is 13.1. The highest BCUT2D eigenvalue weighted by atomic mass is 16.5. The minimum absolute atomic E-state index is 0.162. The van der Waals surface area contributed by atoms with Crippen LogP contribution in [0.15, 0.2) is 34.3 Å². The molecule has 0 radical (unpaired) electrons. The number of hydrogen-bond acceptors (Lipinski definition) is 8. The third-order valence-corrected chi connectivity index (χ3v) is 4.68. The highest BCUT2D eigenvalue weighted by Gasteiger charge is 2.30. The van der Waals surface area contributed by atoms with Crippen molar-refractivity contribution in [2.45, 2.75) is 18.9 Å². The first kappa shape index (κ1) is 22.2. The van der Waals surface area contributed by atoms with Crippen molar-refractivity contribution < 1.29 is 19.1 Å². The number of benzene rings is 1. The van der Waals surface area contributed by atoms with E-state index >= 15 is 0 Å². The van der Waals surface area contributed by atoms with Crippen LogP contribution in [0.2, 0.25) is 0 Å². The van der Waals surface area contributed by atoms with Gasteiger partial charge < -0.3 is 14.8 Å². The number of nitrogens with zero attached hydrogens (tertiary/aromatic N) is 5. The SMILES string of the molecule is [N-]=[N+]=NCCOCCOCCNc1cccc2cnn(C3CCC(=O)NC3=O)c(=O)c12. The lowest BCUT2D eigenvalue weighted by Gasteiger charge is -2.22. The monoisotopic (exact) mass is 429 g/mol. The third-order valence-electron chi connectivity index (χ3n) is 4.68. The number of carbonyl (C=O) groups is 2. The molecular weight excluding hydrogens is 406 g/mol. The molecule has 2 aromatic rings. The molecule has 0 spiro atoms. The zero-order valence-corrected chi connectivity index (χ0v) is 16.8. The van der Waals surface area contributed by atoms with E-state index in [1.54, 1.807) is 18.2 Å². The lowest BCUT2D eigenvalue weighted by atomic mass is 10.1. The van der Waals surface area contributed by atoms with Gasteiger partial charge in [0, 0.05) is 35.5 Å². The maximum Gasteiger partial charge on any atom is 0.277 e. The van der Waals surface area contributed by atoms with Gasteiger partial charge in [-0.15, -0.1) is 0 Å². The number of ether oxygens (including phenoxy) is 2. The number of hydrogen-bond donors (Lipinski definition) is 2. The van der Waals surface area contributed by atoms with Crippen LogP contribution in [-0.2, 0) is 19.1 Å². The Hall–Kier alpha value is -3.47. The Morgan fingerprint density at radius 2 is 2.03 bits per heavy atom. The van der Waals surface area contributed by atoms with E-state index in [1.807, 2.05) is 0 Å². The number of carbonyl (C=O) groups excluding carboxylic acids is 2. The average molecular weight is 429 g/mol. The minimum Gasteiger partial charge on any atom is -0.382 e. The van der Waals surface area contributed by atoms with Crippen molar-refractivity contribution in [3.63, 3.8) is 0 Å². The molecule has 1 aromatic carbocycles. The van der Waals surface area contributed by atoms with E-state index in [0.29, 0.717) is 49.4 Å². The number of azide groups is 1. The van der Waals surface area contributed by atoms with E-state index in [-0.39, 0.29) is 25.3 Å². The predicted octanol–water partition coefficient (Wildman–Crippen LogP) is 1.13. The van der Waals surface area contributed by atoms with E-state index in [1.165, 1.54) is 6.20 Å². The Labute approximate surface area is 177 Å². The fourth-order valence-corrected chi connectivity index (χ4v) is 3.22. The van der Waals surface area contributed by atoms with E-state index in [0.717, 1.165) is 4.68 Å². The standard InChI is InChI=1S/C19H23N7O5/c20-25-22-7-9-31-11-10-30-8-6-21-14-3-1-2-13-12-23-26(19(29)17(13)14)15-4-5-16(27)24-18(15)28/h1-3,12,15,21H,4-11H2,(H,24,27,28). The molecule has 1 aliphatic heterocycles. The van der Waals surface area contributed by atoms with Gasteiger partial charge in [0.1, 0.15) is 6.04 Å². The van der Waals surface area contributed by atoms with Crippen LogP contribution in [0.1, 0.15) is 18.9 Å². The molecule has 1 aliphatic rings. The summed E-state index contributed by atoms with van der Waals surface area (Å²) in [5, 5.41) is 14.0. The van der Waals surface area contributed by atoms with Gasteiger partial charge in [0.2, 0.25) is 5.91 Å². The van der Waals surface area contributed by atoms with Crippen LogP contribution >= 0.6 is 0 Å². The first-order valence-electron chi connectivity index (χ1n) is 9.86. The van der Waals surface area contributed by atoms with Crippen LogP contribution in [0.25, 0.3) is 21.2 Å². The van der Waals surface area contributed by atoms with Crippen molar-refractivity contribution in [2.75, 3.05) is 44.8 Å². The average Bonchev–Trinajstić information content (AvgIpc) is 2.76. The second-order valence-electron chi connectivity index (χ2n) is 6.74. The van der Waals surface area contributed by atoms with E-state index in [4.69, 9.17) is 15.0 Å². The fourth-order valence-electron chi connectivity index (χ4n) is 3.22. The summed E-state index contributed by atoms with van der Waals surface area (Å²) >= 11 is 0. The maximum atomic E-state index is 13.1. The second-order valence-corrected chi connectivity index (χ2v) is 6.74. The van der Waals surface area contributed by atoms with Crippen molar-refractivity contribution in [3.05, 3.63) is 45.2 Å². The number of piperidine rings is 1. The van der Waals surface area contributed by atoms with Crippen molar-refractivity contribution in [1.29, 1.82) is 0 Å². The lowest BCUT2D eigenvalue weighted by molar-refractivity contribution is -0.136. The molecule has 1 aromatic heterocycles. The molecule has 2 amide bonds. The first-order valence-corrected chi connectivity index (χ1v) is 9.86. The summed E-state index contributed by atoms with van der Waals surface area (Å²) in [6.07, 6.45) is 1.93. The fraction of sp³-hybridized carbons (Fsp3) is 0.474. The van der Waals surface area contributed by atoms with Crippen LogP contribution in [0.3, 0.4) is 0 Å². The zero-order valence-electron chi connectivity index (χ0n) is 16.8. The molecule has 12 heteroatoms. The van der Waals surface area contributed by atoms with E-state index < -0.39 is 17.5 Å². The molecule has 31 heavy (non-hydrogen) atoms. The van der Waals surface area contributed by atoms with Crippen molar-refractivity contribution in [2.24, 2.45) is 5.11 Å². The quantitative estimate of drug-likeness (QED) is 0.178. The van der Waals surface area contributed by atoms with E-state index in [2.05, 4.69) is 25.8 Å². The Balaban J connectivity index is 1.60. The molecule has 2 heterocycles. The zero-order chi connectivity index (χ0) is 22.1. The van der Waals surface area contributed by atoms with Gasteiger partial charge in [-0.2, -0.15) is 5.10 Å². The van der Waals surface area contributed by atoms with Crippen LogP contribution < -0.4 is 16.2 Å². The number of aromatic nitrogens is 2. The molecule has 3 rings (SSSR count). The van der Waals surface area contributed by atoms with Gasteiger partial charge in [-0.3, -0.25) is 19.7 Å². The summed E-state index contributed by atoms with van der Waals surface area (Å²) in [6.45, 7) is 2.25. The summed E-state index contributed by atoms with van der Waals surface area (Å²) in [6, 6.07) is 4.54. The first-order chi connectivity index (χ1) is 15.1. The summed E-state index contributed by atoms with van der Waals surface area (Å²) in [4.78, 5) is 39.3. The van der Waals surface area contributed by atoms with Gasteiger partial charge in [0.15, 0.2) is 0 Å². The Kier molecular flexibility index (Phi) is 7.93. The van der Waals surface area contributed by atoms with Crippen molar-refractivity contribution in [3.8, 4) is 0 Å². The van der Waals surface area contributed by atoms with Crippen LogP contribution in [-0.4, -0.2) is 61.1 Å². The molecule has 1 atom stereocenters. The summed E-state index contributed by atoms with van der Waals surface area (Å²) in [5.41, 5.74) is 8.38. The normalized spacial score (nSPS) is 16.1. The number of anilines is 1. The van der Waals surface area contributed by atoms with Crippen molar-refractivity contribution in [1.82, 2.24) is 15.1 Å². The predicted molar refractivity (Wildman–Crippen MR) is 112 cm³/mol. The molecule has 0 saturated carbocycles. The van der Waals surface area contributed by atoms with E-state index in [9.17, 15) is 14.4 Å². The van der Waals surface area contributed by atoms with Crippen LogP contribution in [0.5, 0.6) is 0 Å². The number of nitrogens with one attached hydrogen (secondary N) is 2. The van der Waals surface area contributed by atoms with Crippen LogP contribution in [0.4, 0.5) is 5.69 Å². The molecule has 0 aliphatic carbocycles. The summed E-state index contributed by atoms with van der Waals surface area (Å²) in [5.74, 6) is -0.871. The van der Waals surface area contributed by atoms with Gasteiger partial charge in [0.05, 0.1) is 38.0 Å². The lowest BCUT2D eigenvalue weighted by Crippen LogP contribution is -2.45. The minimum atomic E-state index is -0.815. The summed E-state index contributed by atoms with van der Waals surface area (Å²) in [7, 11) is 0. The molecule has 164 valence electrons. The highest BCUT2D eigenvalue weighted by molar-refractivity contribution is 5.99. The van der Waals surface area contributed by atoms with Crippen molar-refractivity contribution >= 4 is 28.3 Å². The number of imide groups is 1. The molecule has 12 nitrogen and oxygen atoms in total. The number of amides is 2. The van der Waals surface area contributed by atoms with Gasteiger partial charge >= 0.3 is 0 Å². The van der Waals surface area contributed by atoms with Gasteiger partial charge in [0.25, 0.3) is 11.5 Å². The molecule has 0 bridgehead atoms.